The normalized spacial score (nSPS) is 11.4. The van der Waals surface area contributed by atoms with Gasteiger partial charge in [0.05, 0.1) is 29.1 Å². The lowest BCUT2D eigenvalue weighted by Crippen LogP contribution is -1.95. The van der Waals surface area contributed by atoms with Crippen LogP contribution in [0.25, 0.3) is 54.8 Å². The Morgan fingerprint density at radius 2 is 1.68 bits per heavy atom. The summed E-state index contributed by atoms with van der Waals surface area (Å²) in [6.45, 7) is 0.500. The molecule has 0 fully saturated rings. The maximum Gasteiger partial charge on any atom is 0.138 e. The van der Waals surface area contributed by atoms with Crippen molar-refractivity contribution in [2.45, 2.75) is 6.61 Å². The molecule has 0 aliphatic heterocycles. The van der Waals surface area contributed by atoms with Crippen molar-refractivity contribution in [2.75, 3.05) is 0 Å². The fourth-order valence-electron chi connectivity index (χ4n) is 4.60. The van der Waals surface area contributed by atoms with Gasteiger partial charge in [-0.15, -0.1) is 11.3 Å². The van der Waals surface area contributed by atoms with E-state index in [0.717, 1.165) is 61.2 Å². The summed E-state index contributed by atoms with van der Waals surface area (Å²) in [5.74, 6) is 0.734. The first kappa shape index (κ1) is 21.5. The highest BCUT2D eigenvalue weighted by molar-refractivity contribution is 7.13. The Labute approximate surface area is 216 Å². The van der Waals surface area contributed by atoms with E-state index < -0.39 is 0 Å². The number of hydrogen-bond donors (Lipinski definition) is 2. The molecule has 5 aromatic heterocycles. The van der Waals surface area contributed by atoms with Crippen LogP contribution < -0.4 is 4.74 Å². The van der Waals surface area contributed by atoms with E-state index in [4.69, 9.17) is 4.74 Å². The van der Waals surface area contributed by atoms with Crippen molar-refractivity contribution in [3.05, 3.63) is 109 Å². The molecule has 0 radical (unpaired) electrons. The molecule has 7 rings (SSSR count). The van der Waals surface area contributed by atoms with Gasteiger partial charge < -0.3 is 9.72 Å². The molecule has 0 spiro atoms. The van der Waals surface area contributed by atoms with Crippen LogP contribution in [-0.2, 0) is 6.61 Å². The molecule has 37 heavy (non-hydrogen) atoms. The van der Waals surface area contributed by atoms with Crippen LogP contribution in [0.15, 0.2) is 103 Å². The van der Waals surface area contributed by atoms with Gasteiger partial charge in [-0.3, -0.25) is 15.1 Å². The number of nitrogens with zero attached hydrogens (tertiary/aromatic N) is 3. The monoisotopic (exact) mass is 499 g/mol. The number of nitrogens with one attached hydrogen (secondary N) is 2. The van der Waals surface area contributed by atoms with E-state index in [1.165, 1.54) is 4.88 Å². The Bertz CT molecular complexity index is 1840. The van der Waals surface area contributed by atoms with Crippen LogP contribution in [-0.4, -0.2) is 25.1 Å². The van der Waals surface area contributed by atoms with Gasteiger partial charge in [-0.25, -0.2) is 0 Å². The van der Waals surface area contributed by atoms with E-state index >= 15 is 0 Å². The van der Waals surface area contributed by atoms with Gasteiger partial charge in [-0.2, -0.15) is 5.10 Å². The first-order chi connectivity index (χ1) is 18.3. The van der Waals surface area contributed by atoms with Crippen LogP contribution in [0.3, 0.4) is 0 Å². The van der Waals surface area contributed by atoms with E-state index in [1.54, 1.807) is 17.5 Å². The molecule has 6 nitrogen and oxygen atoms in total. The zero-order chi connectivity index (χ0) is 24.6. The summed E-state index contributed by atoms with van der Waals surface area (Å²) in [5.41, 5.74) is 8.04. The minimum Gasteiger partial charge on any atom is -0.487 e. The van der Waals surface area contributed by atoms with Gasteiger partial charge in [0.15, 0.2) is 0 Å². The van der Waals surface area contributed by atoms with Crippen molar-refractivity contribution < 1.29 is 4.74 Å². The molecule has 0 aliphatic rings. The first-order valence-corrected chi connectivity index (χ1v) is 12.8. The maximum atomic E-state index is 6.00. The van der Waals surface area contributed by atoms with Crippen LogP contribution in [0, 0.1) is 0 Å². The first-order valence-electron chi connectivity index (χ1n) is 11.9. The lowest BCUT2D eigenvalue weighted by molar-refractivity contribution is 0.305. The zero-order valence-corrected chi connectivity index (χ0v) is 20.5. The summed E-state index contributed by atoms with van der Waals surface area (Å²) in [7, 11) is 0. The number of H-pyrrole nitrogens is 2. The SMILES string of the molecule is c1ccc(COc2cncc(-c3ccc4[nH]nc(-c5cc6c(-c7cccs7)cncc6[nH]5)c4c3)c2)cc1. The summed E-state index contributed by atoms with van der Waals surface area (Å²) in [6, 6.07) is 24.8. The van der Waals surface area contributed by atoms with Gasteiger partial charge in [-0.05, 0) is 46.8 Å². The van der Waals surface area contributed by atoms with Gasteiger partial charge in [-0.1, -0.05) is 42.5 Å². The number of rotatable bonds is 6. The highest BCUT2D eigenvalue weighted by Crippen LogP contribution is 2.36. The molecule has 7 aromatic rings. The number of benzene rings is 2. The van der Waals surface area contributed by atoms with Crippen LogP contribution in [0.1, 0.15) is 5.56 Å². The van der Waals surface area contributed by atoms with E-state index in [0.29, 0.717) is 6.61 Å². The molecule has 5 heterocycles. The molecule has 0 aliphatic carbocycles. The standard InChI is InChI=1S/C30H21N5OS/c1-2-5-19(6-3-1)18-36-22-11-21(14-31-15-22)20-8-9-26-24(12-20)30(35-34-26)27-13-23-25(29-7-4-10-37-29)16-32-17-28(23)33-27/h1-17,33H,18H2,(H,34,35). The summed E-state index contributed by atoms with van der Waals surface area (Å²) in [6.07, 6.45) is 7.39. The van der Waals surface area contributed by atoms with E-state index in [-0.39, 0.29) is 0 Å². The molecular formula is C30H21N5OS. The quantitative estimate of drug-likeness (QED) is 0.249. The summed E-state index contributed by atoms with van der Waals surface area (Å²) in [5, 5.41) is 12.1. The fraction of sp³-hybridized carbons (Fsp3) is 0.0333. The number of aromatic amines is 2. The van der Waals surface area contributed by atoms with E-state index in [9.17, 15) is 0 Å². The molecule has 0 unspecified atom stereocenters. The Kier molecular flexibility index (Phi) is 5.26. The summed E-state index contributed by atoms with van der Waals surface area (Å²) >= 11 is 1.71. The zero-order valence-electron chi connectivity index (χ0n) is 19.7. The Hall–Kier alpha value is -4.75. The Morgan fingerprint density at radius 3 is 2.57 bits per heavy atom. The number of pyridine rings is 2. The maximum absolute atomic E-state index is 6.00. The number of ether oxygens (including phenoxy) is 1. The van der Waals surface area contributed by atoms with Crippen LogP contribution in [0.4, 0.5) is 0 Å². The molecule has 2 N–H and O–H groups in total. The van der Waals surface area contributed by atoms with E-state index in [2.05, 4.69) is 79.1 Å². The Balaban J connectivity index is 1.24. The molecule has 0 saturated heterocycles. The van der Waals surface area contributed by atoms with Crippen molar-refractivity contribution in [3.8, 4) is 38.7 Å². The predicted molar refractivity (Wildman–Crippen MR) is 148 cm³/mol. The molecule has 0 amide bonds. The van der Waals surface area contributed by atoms with Crippen molar-refractivity contribution in [3.63, 3.8) is 0 Å². The lowest BCUT2D eigenvalue weighted by atomic mass is 10.0. The molecule has 0 bridgehead atoms. The van der Waals surface area contributed by atoms with Gasteiger partial charge in [0.1, 0.15) is 18.1 Å². The minimum atomic E-state index is 0.500. The molecule has 0 saturated carbocycles. The molecule has 2 aromatic carbocycles. The Morgan fingerprint density at radius 1 is 0.757 bits per heavy atom. The number of thiophene rings is 1. The third kappa shape index (κ3) is 4.05. The number of aromatic nitrogens is 5. The second-order valence-corrected chi connectivity index (χ2v) is 9.77. The van der Waals surface area contributed by atoms with Crippen LogP contribution in [0.2, 0.25) is 0 Å². The van der Waals surface area contributed by atoms with Crippen molar-refractivity contribution in [2.24, 2.45) is 0 Å². The van der Waals surface area contributed by atoms with Gasteiger partial charge in [0, 0.05) is 39.2 Å². The minimum absolute atomic E-state index is 0.500. The number of hydrogen-bond acceptors (Lipinski definition) is 5. The fourth-order valence-corrected chi connectivity index (χ4v) is 5.35. The average Bonchev–Trinajstić information content (AvgIpc) is 3.71. The van der Waals surface area contributed by atoms with Gasteiger partial charge >= 0.3 is 0 Å². The molecule has 178 valence electrons. The second-order valence-electron chi connectivity index (χ2n) is 8.82. The largest absolute Gasteiger partial charge is 0.487 e. The summed E-state index contributed by atoms with van der Waals surface area (Å²) in [4.78, 5) is 13.6. The van der Waals surface area contributed by atoms with Gasteiger partial charge in [0.25, 0.3) is 0 Å². The van der Waals surface area contributed by atoms with Crippen LogP contribution in [0.5, 0.6) is 5.75 Å². The number of fused-ring (bicyclic) bond motifs is 2. The van der Waals surface area contributed by atoms with Crippen molar-refractivity contribution in [1.82, 2.24) is 25.1 Å². The van der Waals surface area contributed by atoms with Crippen molar-refractivity contribution in [1.29, 1.82) is 0 Å². The average molecular weight is 500 g/mol. The molecule has 7 heteroatoms. The van der Waals surface area contributed by atoms with Gasteiger partial charge in [0.2, 0.25) is 0 Å². The highest BCUT2D eigenvalue weighted by Gasteiger charge is 2.15. The van der Waals surface area contributed by atoms with E-state index in [1.807, 2.05) is 42.9 Å². The molecule has 0 atom stereocenters. The summed E-state index contributed by atoms with van der Waals surface area (Å²) < 4.78 is 6.00. The predicted octanol–water partition coefficient (Wildman–Crippen LogP) is 7.48. The third-order valence-corrected chi connectivity index (χ3v) is 7.35. The van der Waals surface area contributed by atoms with Crippen molar-refractivity contribution >= 4 is 33.1 Å². The third-order valence-electron chi connectivity index (χ3n) is 6.45. The second kappa shape index (κ2) is 9.04. The van der Waals surface area contributed by atoms with Crippen LogP contribution >= 0.6 is 11.3 Å². The lowest BCUT2D eigenvalue weighted by Gasteiger charge is -2.08. The highest BCUT2D eigenvalue weighted by atomic mass is 32.1. The molecular weight excluding hydrogens is 478 g/mol. The smallest absolute Gasteiger partial charge is 0.138 e. The topological polar surface area (TPSA) is 79.5 Å².